The van der Waals surface area contributed by atoms with Gasteiger partial charge in [-0.05, 0) is 24.0 Å². The highest BCUT2D eigenvalue weighted by molar-refractivity contribution is 7.13. The lowest BCUT2D eigenvalue weighted by atomic mass is 9.85. The highest BCUT2D eigenvalue weighted by Crippen LogP contribution is 2.34. The Balaban J connectivity index is 2.58. The molecule has 1 atom stereocenters. The van der Waals surface area contributed by atoms with Crippen LogP contribution in [0.25, 0.3) is 10.1 Å². The average molecular weight is 265 g/mol. The summed E-state index contributed by atoms with van der Waals surface area (Å²) < 4.78 is 2.83. The summed E-state index contributed by atoms with van der Waals surface area (Å²) >= 11 is 1.49. The molecule has 0 aliphatic heterocycles. The van der Waals surface area contributed by atoms with Gasteiger partial charge in [-0.15, -0.1) is 0 Å². The molecule has 98 valence electrons. The Morgan fingerprint density at radius 2 is 2.00 bits per heavy atom. The van der Waals surface area contributed by atoms with Crippen LogP contribution in [0.5, 0.6) is 0 Å². The summed E-state index contributed by atoms with van der Waals surface area (Å²) in [4.78, 5) is 12.4. The summed E-state index contributed by atoms with van der Waals surface area (Å²) in [5, 5.41) is 9.99. The number of aromatic nitrogens is 1. The van der Waals surface area contributed by atoms with Crippen molar-refractivity contribution in [3.8, 4) is 0 Å². The minimum atomic E-state index is -0.0482. The first-order chi connectivity index (χ1) is 8.45. The number of benzene rings is 1. The Kier molecular flexibility index (Phi) is 3.59. The molecule has 1 aromatic heterocycles. The monoisotopic (exact) mass is 265 g/mol. The summed E-state index contributed by atoms with van der Waals surface area (Å²) in [7, 11) is 0. The molecule has 1 unspecified atom stereocenters. The summed E-state index contributed by atoms with van der Waals surface area (Å²) in [5.74, 6) is 0. The fourth-order valence-corrected chi connectivity index (χ4v) is 3.55. The number of aliphatic hydroxyl groups excluding tert-OH is 1. The molecule has 0 aliphatic rings. The van der Waals surface area contributed by atoms with Crippen molar-refractivity contribution in [3.05, 3.63) is 34.6 Å². The predicted octanol–water partition coefficient (Wildman–Crippen LogP) is 3.03. The van der Waals surface area contributed by atoms with Crippen molar-refractivity contribution >= 4 is 21.6 Å². The van der Waals surface area contributed by atoms with E-state index in [-0.39, 0.29) is 23.6 Å². The van der Waals surface area contributed by atoms with Crippen LogP contribution in [-0.4, -0.2) is 15.7 Å². The third kappa shape index (κ3) is 2.35. The third-order valence-electron chi connectivity index (χ3n) is 3.20. The predicted molar refractivity (Wildman–Crippen MR) is 76.3 cm³/mol. The molecule has 1 aromatic carbocycles. The zero-order valence-corrected chi connectivity index (χ0v) is 11.8. The molecule has 0 radical (unpaired) electrons. The molecular weight excluding hydrogens is 246 g/mol. The molecule has 0 aliphatic carbocycles. The van der Waals surface area contributed by atoms with Gasteiger partial charge in [0.15, 0.2) is 0 Å². The molecule has 0 amide bonds. The van der Waals surface area contributed by atoms with E-state index in [2.05, 4.69) is 20.8 Å². The van der Waals surface area contributed by atoms with Gasteiger partial charge in [-0.1, -0.05) is 44.4 Å². The Labute approximate surface area is 111 Å². The van der Waals surface area contributed by atoms with Crippen molar-refractivity contribution < 1.29 is 5.11 Å². The van der Waals surface area contributed by atoms with Crippen LogP contribution in [0, 0.1) is 5.41 Å². The van der Waals surface area contributed by atoms with Crippen LogP contribution in [0.15, 0.2) is 29.1 Å². The largest absolute Gasteiger partial charge is 0.396 e. The van der Waals surface area contributed by atoms with E-state index in [9.17, 15) is 9.90 Å². The second-order valence-corrected chi connectivity index (χ2v) is 6.63. The van der Waals surface area contributed by atoms with Gasteiger partial charge in [0.25, 0.3) is 5.56 Å². The highest BCUT2D eigenvalue weighted by Gasteiger charge is 2.28. The van der Waals surface area contributed by atoms with Gasteiger partial charge in [0.05, 0.1) is 16.1 Å². The van der Waals surface area contributed by atoms with Gasteiger partial charge >= 0.3 is 0 Å². The smallest absolute Gasteiger partial charge is 0.268 e. The summed E-state index contributed by atoms with van der Waals surface area (Å²) in [5.41, 5.74) is 0.0111. The maximum atomic E-state index is 12.4. The van der Waals surface area contributed by atoms with E-state index in [1.54, 1.807) is 0 Å². The Bertz CT molecular complexity index is 592. The SMILES string of the molecule is CC(C)(C)C(CCO)n1sc2ccccc2c1=O. The molecule has 18 heavy (non-hydrogen) atoms. The van der Waals surface area contributed by atoms with Crippen LogP contribution in [-0.2, 0) is 0 Å². The Hall–Kier alpha value is -1.13. The van der Waals surface area contributed by atoms with Crippen molar-refractivity contribution in [1.29, 1.82) is 0 Å². The van der Waals surface area contributed by atoms with Crippen molar-refractivity contribution in [2.24, 2.45) is 5.41 Å². The summed E-state index contributed by atoms with van der Waals surface area (Å²) in [6.45, 7) is 6.40. The number of nitrogens with zero attached hydrogens (tertiary/aromatic N) is 1. The lowest BCUT2D eigenvalue weighted by Gasteiger charge is -2.30. The minimum Gasteiger partial charge on any atom is -0.396 e. The van der Waals surface area contributed by atoms with Crippen molar-refractivity contribution in [2.75, 3.05) is 6.61 Å². The van der Waals surface area contributed by atoms with Crippen molar-refractivity contribution in [3.63, 3.8) is 0 Å². The molecule has 0 bridgehead atoms. The number of rotatable bonds is 3. The fourth-order valence-electron chi connectivity index (χ4n) is 2.22. The first-order valence-corrected chi connectivity index (χ1v) is 6.94. The molecule has 3 nitrogen and oxygen atoms in total. The molecule has 4 heteroatoms. The molecule has 0 fully saturated rings. The van der Waals surface area contributed by atoms with Crippen molar-refractivity contribution in [2.45, 2.75) is 33.2 Å². The lowest BCUT2D eigenvalue weighted by molar-refractivity contribution is 0.184. The van der Waals surface area contributed by atoms with Crippen LogP contribution in [0.4, 0.5) is 0 Å². The van der Waals surface area contributed by atoms with Gasteiger partial charge in [-0.2, -0.15) is 0 Å². The zero-order valence-electron chi connectivity index (χ0n) is 11.0. The topological polar surface area (TPSA) is 42.2 Å². The van der Waals surface area contributed by atoms with E-state index in [1.165, 1.54) is 11.5 Å². The zero-order chi connectivity index (χ0) is 13.3. The summed E-state index contributed by atoms with van der Waals surface area (Å²) in [6.07, 6.45) is 0.607. The van der Waals surface area contributed by atoms with Crippen LogP contribution < -0.4 is 5.56 Å². The molecule has 2 aromatic rings. The lowest BCUT2D eigenvalue weighted by Crippen LogP contribution is -2.30. The summed E-state index contributed by atoms with van der Waals surface area (Å²) in [6, 6.07) is 7.70. The van der Waals surface area contributed by atoms with Crippen LogP contribution in [0.1, 0.15) is 33.2 Å². The normalized spacial score (nSPS) is 14.0. The Morgan fingerprint density at radius 3 is 2.56 bits per heavy atom. The van der Waals surface area contributed by atoms with Gasteiger partial charge in [-0.3, -0.25) is 8.75 Å². The molecular formula is C14H19NO2S. The fraction of sp³-hybridized carbons (Fsp3) is 0.500. The molecule has 0 saturated heterocycles. The maximum Gasteiger partial charge on any atom is 0.268 e. The molecule has 1 heterocycles. The molecule has 2 rings (SSSR count). The third-order valence-corrected chi connectivity index (χ3v) is 4.37. The van der Waals surface area contributed by atoms with E-state index < -0.39 is 0 Å². The van der Waals surface area contributed by atoms with E-state index in [4.69, 9.17) is 0 Å². The number of fused-ring (bicyclic) bond motifs is 1. The maximum absolute atomic E-state index is 12.4. The number of aliphatic hydroxyl groups is 1. The van der Waals surface area contributed by atoms with Crippen LogP contribution in [0.2, 0.25) is 0 Å². The van der Waals surface area contributed by atoms with Gasteiger partial charge < -0.3 is 5.11 Å². The van der Waals surface area contributed by atoms with E-state index >= 15 is 0 Å². The van der Waals surface area contributed by atoms with E-state index in [1.807, 2.05) is 28.2 Å². The second-order valence-electron chi connectivity index (χ2n) is 5.61. The quantitative estimate of drug-likeness (QED) is 0.927. The molecule has 1 N–H and O–H groups in total. The average Bonchev–Trinajstić information content (AvgIpc) is 2.63. The first kappa shape index (κ1) is 13.3. The number of hydrogen-bond donors (Lipinski definition) is 1. The van der Waals surface area contributed by atoms with Crippen molar-refractivity contribution in [1.82, 2.24) is 3.96 Å². The van der Waals surface area contributed by atoms with Crippen LogP contribution >= 0.6 is 11.5 Å². The van der Waals surface area contributed by atoms with Gasteiger partial charge in [-0.25, -0.2) is 0 Å². The van der Waals surface area contributed by atoms with Crippen LogP contribution in [0.3, 0.4) is 0 Å². The minimum absolute atomic E-state index is 0.0346. The van der Waals surface area contributed by atoms with E-state index in [0.717, 1.165) is 10.1 Å². The van der Waals surface area contributed by atoms with E-state index in [0.29, 0.717) is 6.42 Å². The Morgan fingerprint density at radius 1 is 1.33 bits per heavy atom. The first-order valence-electron chi connectivity index (χ1n) is 6.16. The van der Waals surface area contributed by atoms with Gasteiger partial charge in [0, 0.05) is 6.61 Å². The van der Waals surface area contributed by atoms with Gasteiger partial charge in [0.1, 0.15) is 0 Å². The molecule has 0 saturated carbocycles. The standard InChI is InChI=1S/C14H19NO2S/c1-14(2,3)12(8-9-16)15-13(17)10-6-4-5-7-11(10)18-15/h4-7,12,16H,8-9H2,1-3H3. The second kappa shape index (κ2) is 4.86. The van der Waals surface area contributed by atoms with Gasteiger partial charge in [0.2, 0.25) is 0 Å². The number of hydrogen-bond acceptors (Lipinski definition) is 3. The molecule has 0 spiro atoms. The highest BCUT2D eigenvalue weighted by atomic mass is 32.1.